The maximum absolute atomic E-state index is 12.3. The molecule has 31 heavy (non-hydrogen) atoms. The van der Waals surface area contributed by atoms with Gasteiger partial charge in [0.25, 0.3) is 5.91 Å². The maximum atomic E-state index is 12.3. The van der Waals surface area contributed by atoms with Crippen molar-refractivity contribution < 1.29 is 23.4 Å². The zero-order valence-electron chi connectivity index (χ0n) is 17.0. The highest BCUT2D eigenvalue weighted by Crippen LogP contribution is 2.36. The summed E-state index contributed by atoms with van der Waals surface area (Å²) < 4.78 is 24.6. The molecule has 0 radical (unpaired) electrons. The third-order valence-corrected chi connectivity index (χ3v) is 5.41. The molecule has 2 aliphatic rings. The van der Waals surface area contributed by atoms with Crippen molar-refractivity contribution in [2.24, 2.45) is 0 Å². The Morgan fingerprint density at radius 3 is 2.87 bits per heavy atom. The first-order valence-corrected chi connectivity index (χ1v) is 9.91. The Kier molecular flexibility index (Phi) is 5.04. The maximum Gasteiger partial charge on any atom is 0.341 e. The number of nitrogens with zero attached hydrogens (tertiary/aromatic N) is 5. The third kappa shape index (κ3) is 3.73. The minimum absolute atomic E-state index is 0.245. The number of amides is 1. The minimum atomic E-state index is -0.321. The second-order valence-corrected chi connectivity index (χ2v) is 7.62. The molecule has 4 heterocycles. The van der Waals surface area contributed by atoms with Gasteiger partial charge in [0, 0.05) is 25.8 Å². The fourth-order valence-corrected chi connectivity index (χ4v) is 3.85. The van der Waals surface area contributed by atoms with Crippen molar-refractivity contribution in [1.82, 2.24) is 25.5 Å². The van der Waals surface area contributed by atoms with Crippen LogP contribution in [0.5, 0.6) is 11.8 Å². The highest BCUT2D eigenvalue weighted by atomic mass is 16.6. The van der Waals surface area contributed by atoms with E-state index in [1.807, 2.05) is 43.3 Å². The number of fused-ring (bicyclic) bond motifs is 1. The van der Waals surface area contributed by atoms with Gasteiger partial charge in [-0.25, -0.2) is 0 Å². The molecular formula is C20H22N6O5. The van der Waals surface area contributed by atoms with Crippen molar-refractivity contribution in [2.75, 3.05) is 32.2 Å². The minimum Gasteiger partial charge on any atom is -0.459 e. The Bertz CT molecular complexity index is 1050. The first-order valence-electron chi connectivity index (χ1n) is 9.91. The molecule has 162 valence electrons. The molecule has 3 aromatic rings. The van der Waals surface area contributed by atoms with Crippen LogP contribution in [0.2, 0.25) is 0 Å². The number of aromatic nitrogens is 4. The molecule has 11 heteroatoms. The van der Waals surface area contributed by atoms with Gasteiger partial charge in [-0.1, -0.05) is 11.2 Å². The number of carbonyl (C=O) groups excluding carboxylic acids is 1. The molecule has 0 saturated carbocycles. The predicted molar refractivity (Wildman–Crippen MR) is 107 cm³/mol. The summed E-state index contributed by atoms with van der Waals surface area (Å²) in [6.07, 6.45) is 0.817. The molecule has 1 aromatic carbocycles. The second kappa shape index (κ2) is 8.00. The van der Waals surface area contributed by atoms with Gasteiger partial charge in [0.2, 0.25) is 0 Å². The average Bonchev–Trinajstić information content (AvgIpc) is 3.54. The standard InChI is InChI=1S/C20H22N6O5/c1-25(2)12-5-3-6-13(9-12)31-20-22-23-24-26(20)15-11-30-17-14(10-29-18(15)17)21-19(27)16-7-4-8-28-16/h3-9,14-15,17-18H,10-11H2,1-2H3,(H,21,27)/t14-,15-,17+,18+/m0/s1. The van der Waals surface area contributed by atoms with E-state index in [-0.39, 0.29) is 42.0 Å². The van der Waals surface area contributed by atoms with Gasteiger partial charge in [-0.15, -0.1) is 0 Å². The summed E-state index contributed by atoms with van der Waals surface area (Å²) in [5.41, 5.74) is 0.995. The summed E-state index contributed by atoms with van der Waals surface area (Å²) in [5.74, 6) is 0.557. The number of rotatable bonds is 6. The summed E-state index contributed by atoms with van der Waals surface area (Å²) >= 11 is 0. The van der Waals surface area contributed by atoms with Gasteiger partial charge < -0.3 is 28.8 Å². The fourth-order valence-electron chi connectivity index (χ4n) is 3.85. The molecule has 2 aromatic heterocycles. The van der Waals surface area contributed by atoms with Crippen molar-refractivity contribution in [3.05, 3.63) is 48.4 Å². The molecule has 0 unspecified atom stereocenters. The Morgan fingerprint density at radius 1 is 1.19 bits per heavy atom. The molecule has 11 nitrogen and oxygen atoms in total. The highest BCUT2D eigenvalue weighted by molar-refractivity contribution is 5.91. The number of tetrazole rings is 1. The first-order chi connectivity index (χ1) is 15.1. The molecule has 0 bridgehead atoms. The van der Waals surface area contributed by atoms with Gasteiger partial charge in [0.05, 0.1) is 25.5 Å². The Morgan fingerprint density at radius 2 is 2.06 bits per heavy atom. The third-order valence-electron chi connectivity index (χ3n) is 5.41. The summed E-state index contributed by atoms with van der Waals surface area (Å²) in [6.45, 7) is 0.656. The van der Waals surface area contributed by atoms with Gasteiger partial charge in [-0.05, 0) is 34.7 Å². The van der Waals surface area contributed by atoms with Crippen LogP contribution in [0.15, 0.2) is 47.1 Å². The highest BCUT2D eigenvalue weighted by Gasteiger charge is 2.50. The van der Waals surface area contributed by atoms with Gasteiger partial charge in [0.15, 0.2) is 5.76 Å². The lowest BCUT2D eigenvalue weighted by Crippen LogP contribution is -2.44. The van der Waals surface area contributed by atoms with E-state index in [1.165, 1.54) is 6.26 Å². The molecule has 0 aliphatic carbocycles. The largest absolute Gasteiger partial charge is 0.459 e. The van der Waals surface area contributed by atoms with E-state index in [0.717, 1.165) is 5.69 Å². The van der Waals surface area contributed by atoms with Crippen LogP contribution >= 0.6 is 0 Å². The lowest BCUT2D eigenvalue weighted by atomic mass is 10.1. The lowest BCUT2D eigenvalue weighted by Gasteiger charge is -2.18. The van der Waals surface area contributed by atoms with E-state index in [4.69, 9.17) is 18.6 Å². The van der Waals surface area contributed by atoms with E-state index in [9.17, 15) is 4.79 Å². The molecular weight excluding hydrogens is 404 g/mol. The number of nitrogens with one attached hydrogen (secondary N) is 1. The summed E-state index contributed by atoms with van der Waals surface area (Å²) in [4.78, 5) is 14.3. The number of hydrogen-bond donors (Lipinski definition) is 1. The number of furan rings is 1. The fraction of sp³-hybridized carbons (Fsp3) is 0.400. The van der Waals surface area contributed by atoms with E-state index in [2.05, 4.69) is 20.8 Å². The molecule has 2 fully saturated rings. The molecule has 4 atom stereocenters. The van der Waals surface area contributed by atoms with Gasteiger partial charge in [-0.2, -0.15) is 4.68 Å². The normalized spacial score (nSPS) is 24.7. The van der Waals surface area contributed by atoms with Crippen LogP contribution in [0.1, 0.15) is 16.6 Å². The molecule has 2 saturated heterocycles. The lowest BCUT2D eigenvalue weighted by molar-refractivity contribution is 0.0605. The molecule has 1 amide bonds. The summed E-state index contributed by atoms with van der Waals surface area (Å²) in [6, 6.07) is 10.6. The molecule has 1 N–H and O–H groups in total. The van der Waals surface area contributed by atoms with Crippen molar-refractivity contribution in [2.45, 2.75) is 24.3 Å². The number of hydrogen-bond acceptors (Lipinski definition) is 9. The van der Waals surface area contributed by atoms with Gasteiger partial charge >= 0.3 is 6.01 Å². The molecule has 5 rings (SSSR count). The van der Waals surface area contributed by atoms with Gasteiger partial charge in [0.1, 0.15) is 24.0 Å². The number of anilines is 1. The van der Waals surface area contributed by atoms with Crippen LogP contribution < -0.4 is 15.0 Å². The predicted octanol–water partition coefficient (Wildman–Crippen LogP) is 1.26. The van der Waals surface area contributed by atoms with Crippen LogP contribution in [0.4, 0.5) is 5.69 Å². The Balaban J connectivity index is 1.29. The quantitative estimate of drug-likeness (QED) is 0.622. The topological polar surface area (TPSA) is 117 Å². The van der Waals surface area contributed by atoms with Crippen molar-refractivity contribution in [1.29, 1.82) is 0 Å². The van der Waals surface area contributed by atoms with Crippen LogP contribution in [0.25, 0.3) is 0 Å². The van der Waals surface area contributed by atoms with E-state index >= 15 is 0 Å². The summed E-state index contributed by atoms with van der Waals surface area (Å²) in [7, 11) is 3.91. The van der Waals surface area contributed by atoms with Crippen LogP contribution in [-0.2, 0) is 9.47 Å². The van der Waals surface area contributed by atoms with Crippen LogP contribution in [0, 0.1) is 0 Å². The average molecular weight is 426 g/mol. The van der Waals surface area contributed by atoms with Crippen molar-refractivity contribution >= 4 is 11.6 Å². The molecule has 2 aliphatic heterocycles. The van der Waals surface area contributed by atoms with Crippen molar-refractivity contribution in [3.63, 3.8) is 0 Å². The second-order valence-electron chi connectivity index (χ2n) is 7.62. The van der Waals surface area contributed by atoms with Crippen LogP contribution in [-0.4, -0.2) is 71.7 Å². The van der Waals surface area contributed by atoms with Gasteiger partial charge in [-0.3, -0.25) is 4.79 Å². The monoisotopic (exact) mass is 426 g/mol. The summed E-state index contributed by atoms with van der Waals surface area (Å²) in [5, 5.41) is 14.8. The van der Waals surface area contributed by atoms with Crippen LogP contribution in [0.3, 0.4) is 0 Å². The molecule has 0 spiro atoms. The van der Waals surface area contributed by atoms with E-state index in [0.29, 0.717) is 19.0 Å². The smallest absolute Gasteiger partial charge is 0.341 e. The number of benzene rings is 1. The number of carbonyl (C=O) groups is 1. The zero-order valence-corrected chi connectivity index (χ0v) is 17.0. The SMILES string of the molecule is CN(C)c1cccc(Oc2nnnn2[C@H]2CO[C@H]3[C@@H]2OC[C@@H]3NC(=O)c2ccco2)c1. The Labute approximate surface area is 177 Å². The van der Waals surface area contributed by atoms with E-state index < -0.39 is 0 Å². The zero-order chi connectivity index (χ0) is 21.4. The first kappa shape index (κ1) is 19.5. The number of ether oxygens (including phenoxy) is 3. The Hall–Kier alpha value is -3.44. The van der Waals surface area contributed by atoms with Crippen molar-refractivity contribution in [3.8, 4) is 11.8 Å². The van der Waals surface area contributed by atoms with E-state index in [1.54, 1.807) is 16.8 Å².